The number of oxazole rings is 1. The van der Waals surface area contributed by atoms with Crippen LogP contribution in [0.1, 0.15) is 258 Å². The molecule has 10 aromatic rings. The fourth-order valence-corrected chi connectivity index (χ4v) is 17.8. The van der Waals surface area contributed by atoms with Crippen LogP contribution in [0.15, 0.2) is 173 Å². The van der Waals surface area contributed by atoms with Crippen molar-refractivity contribution in [3.8, 4) is 34.5 Å². The molecule has 6 amide bonds. The summed E-state index contributed by atoms with van der Waals surface area (Å²) in [6.45, 7) is 49.9. The number of benzene rings is 9. The van der Waals surface area contributed by atoms with E-state index in [-0.39, 0.29) is 52.7 Å². The maximum Gasteiger partial charge on any atom is 0.507 e. The molecule has 0 aliphatic carbocycles. The fraction of sp³-hybridized carbons (Fsp3) is 0.483. The van der Waals surface area contributed by atoms with Crippen molar-refractivity contribution in [2.75, 3.05) is 61.2 Å². The molecule has 9 heterocycles. The van der Waals surface area contributed by atoms with Gasteiger partial charge in [0.25, 0.3) is 23.6 Å². The topological polar surface area (TPSA) is 248 Å². The number of carbonyl (C=O) groups is 6. The molecule has 0 fully saturated rings. The lowest BCUT2D eigenvalue weighted by Crippen LogP contribution is -2.52. The van der Waals surface area contributed by atoms with Crippen LogP contribution >= 0.6 is 0 Å². The summed E-state index contributed by atoms with van der Waals surface area (Å²) in [5, 5.41) is 11.6. The normalized spacial score (nSPS) is 16.0. The van der Waals surface area contributed by atoms with Gasteiger partial charge in [-0.1, -0.05) is 203 Å². The van der Waals surface area contributed by atoms with E-state index in [4.69, 9.17) is 23.4 Å². The quantitative estimate of drug-likeness (QED) is 0.0550. The van der Waals surface area contributed by atoms with E-state index in [0.717, 1.165) is 158 Å². The monoisotopic (exact) mass is 1970 g/mol. The molecule has 0 saturated heterocycles. The second kappa shape index (κ2) is 51.2. The zero-order chi connectivity index (χ0) is 105. The van der Waals surface area contributed by atoms with Gasteiger partial charge in [-0.05, 0) is 322 Å². The predicted molar refractivity (Wildman–Crippen MR) is 564 cm³/mol. The van der Waals surface area contributed by atoms with Gasteiger partial charge in [-0.15, -0.1) is 0 Å². The van der Waals surface area contributed by atoms with E-state index in [0.29, 0.717) is 97.9 Å². The number of carbonyl (C=O) groups excluding carboxylic acids is 6. The lowest BCUT2D eigenvalue weighted by Gasteiger charge is -2.32. The molecule has 4 N–H and O–H groups in total. The number of likely N-dealkylation sites (N-methyl/N-ethyl adjacent to an activating group) is 1. The zero-order valence-corrected chi connectivity index (χ0v) is 88.6. The Hall–Kier alpha value is -12.4. The van der Waals surface area contributed by atoms with E-state index in [9.17, 15) is 51.1 Å². The Morgan fingerprint density at radius 1 is 0.392 bits per heavy atom. The first-order valence-electron chi connectivity index (χ1n) is 51.1. The highest BCUT2D eigenvalue weighted by Crippen LogP contribution is 2.48. The molecule has 0 saturated carbocycles. The summed E-state index contributed by atoms with van der Waals surface area (Å²) < 4.78 is 88.7. The minimum atomic E-state index is -4.66. The van der Waals surface area contributed by atoms with Crippen molar-refractivity contribution in [2.24, 2.45) is 53.3 Å². The SMILES string of the molecule is CC(C)Cc1ccc2c(c1)C(=O)N(C)CC2.CC(C)Cc1ccc2c(c1)C(=O)NCC2.CC(C)Cc1ccc2c(c1)N(C)C(=O)CC2.CC(C)Cc1ccc2c(c1)NC(=O)C(C)(C)O2.CC(C)Cc1ccc2c(c1)NC(=O)C(C)O2.CC(C)Cc1ccc2c(c1)NC(=O)CC2.CC(C)Cc1ccc2c(c1)OC(F)(F)C(F)(F)O2.CC(C)Cc1ccc2c(c1)OCCO2.CCn1c(=O)oc2ccc(CC(C)C)cc21. The first-order valence-corrected chi connectivity index (χ1v) is 51.1. The molecule has 1 atom stereocenters. The number of aryl methyl sites for hydroxylation is 3. The van der Waals surface area contributed by atoms with E-state index in [2.05, 4.69) is 239 Å². The third-order valence-corrected chi connectivity index (χ3v) is 24.6. The van der Waals surface area contributed by atoms with Crippen LogP contribution in [0.4, 0.5) is 40.3 Å². The number of amides is 6. The number of hydrogen-bond donors (Lipinski definition) is 4. The Morgan fingerprint density at radius 3 is 1.34 bits per heavy atom. The zero-order valence-electron chi connectivity index (χ0n) is 88.6. The molecule has 772 valence electrons. The Kier molecular flexibility index (Phi) is 40.3. The van der Waals surface area contributed by atoms with E-state index in [1.807, 2.05) is 88.3 Å². The van der Waals surface area contributed by atoms with Gasteiger partial charge < -0.3 is 63.9 Å². The molecule has 8 aliphatic heterocycles. The molecular weight excluding hydrogens is 1820 g/mol. The summed E-state index contributed by atoms with van der Waals surface area (Å²) in [4.78, 5) is 84.8. The van der Waals surface area contributed by atoms with Gasteiger partial charge in [0, 0.05) is 69.1 Å². The van der Waals surface area contributed by atoms with Crippen molar-refractivity contribution in [2.45, 2.75) is 279 Å². The molecule has 0 spiro atoms. The van der Waals surface area contributed by atoms with Gasteiger partial charge in [-0.25, -0.2) is 4.79 Å². The lowest BCUT2D eigenvalue weighted by atomic mass is 9.94. The molecule has 1 aromatic heterocycles. The van der Waals surface area contributed by atoms with Crippen molar-refractivity contribution in [1.29, 1.82) is 0 Å². The average Bonchev–Trinajstić information content (AvgIpc) is 1.33. The number of aromatic nitrogens is 1. The summed E-state index contributed by atoms with van der Waals surface area (Å²) in [7, 11) is 3.75. The summed E-state index contributed by atoms with van der Waals surface area (Å²) in [5.74, 6) is 8.16. The third kappa shape index (κ3) is 33.1. The second-order valence-electron chi connectivity index (χ2n) is 42.7. The number of nitrogens with zero attached hydrogens (tertiary/aromatic N) is 3. The first-order chi connectivity index (χ1) is 67.5. The van der Waals surface area contributed by atoms with Crippen LogP contribution in [0.25, 0.3) is 11.1 Å². The van der Waals surface area contributed by atoms with Crippen molar-refractivity contribution in [3.63, 3.8) is 0 Å². The minimum absolute atomic E-state index is 0.0748. The van der Waals surface area contributed by atoms with E-state index < -0.39 is 23.9 Å². The minimum Gasteiger partial charge on any atom is -0.486 e. The van der Waals surface area contributed by atoms with Gasteiger partial charge in [0.15, 0.2) is 40.3 Å². The summed E-state index contributed by atoms with van der Waals surface area (Å²) in [6, 6.07) is 53.9. The van der Waals surface area contributed by atoms with Crippen molar-refractivity contribution < 1.29 is 79.2 Å². The van der Waals surface area contributed by atoms with Crippen LogP contribution in [-0.4, -0.2) is 109 Å². The van der Waals surface area contributed by atoms with Crippen LogP contribution in [0.2, 0.25) is 0 Å². The van der Waals surface area contributed by atoms with Crippen LogP contribution < -0.4 is 60.3 Å². The predicted octanol–water partition coefficient (Wildman–Crippen LogP) is 25.2. The standard InChI is InChI=1S/C14H19NO2.2C14H19NO.2C13H17NO2.2C13H17NO.C12H12F4O2.C12H16O2/c1-9(2)7-10-5-6-12-11(8-10)15-13(16)14(3,4)17-12;1-10(2)8-11-4-5-12-6-7-15(3)14(16)13(12)9-11;1-10(2)8-11-4-5-12-6-7-14(16)15(3)13(12)9-11;1-8(2)6-10-4-5-12-11(7-10)14-13(15)9(3)16-12;1-4-14-11-8-10(7-9(2)3)5-6-12(11)16-13(14)15;1-9(2)7-10-3-4-11-5-6-14-13(15)12(11)8-10;1-9(2)7-10-3-4-11-5-6-13(15)14-12(11)8-10;1-7(2)5-8-3-4-9-10(6-8)18-12(15,16)11(13,14)17-9;1-9(2)7-10-3-4-11-12(8-10)14-6-5-13-11/h5-6,8-9H,7H2,1-4H3,(H,15,16);2*4-5,9-10H,6-8H2,1-3H3;4-5,7-9H,6H2,1-3H3,(H,14,15);5-6,8-9H,4,7H2,1-3H3;2*3-4,8-9H,5-7H2,1-2H3,(H,14,15);3-4,6-7H,5H2,1-2H3;3-4,8-9H,5-7H2,1-2H3. The second-order valence-corrected chi connectivity index (χ2v) is 42.7. The van der Waals surface area contributed by atoms with Crippen LogP contribution in [0.3, 0.4) is 0 Å². The highest BCUT2D eigenvalue weighted by Gasteiger charge is 2.66. The van der Waals surface area contributed by atoms with Crippen molar-refractivity contribution >= 4 is 69.3 Å². The molecule has 25 heteroatoms. The van der Waals surface area contributed by atoms with Crippen LogP contribution in [0, 0.1) is 53.3 Å². The third-order valence-electron chi connectivity index (χ3n) is 24.6. The Labute approximate surface area is 844 Å². The Bertz CT molecular complexity index is 6080. The number of alkyl halides is 4. The molecule has 21 nitrogen and oxygen atoms in total. The van der Waals surface area contributed by atoms with Gasteiger partial charge >= 0.3 is 18.0 Å². The lowest BCUT2D eigenvalue weighted by molar-refractivity contribution is -0.391. The number of fused-ring (bicyclic) bond motifs is 9. The molecular formula is C118H153F4N7O14. The Balaban J connectivity index is 0.000000165. The highest BCUT2D eigenvalue weighted by molar-refractivity contribution is 6.01. The number of halogens is 4. The molecule has 0 bridgehead atoms. The maximum atomic E-state index is 13.0. The Morgan fingerprint density at radius 2 is 0.804 bits per heavy atom. The number of ether oxygens (including phenoxy) is 6. The number of hydrogen-bond acceptors (Lipinski definition) is 14. The van der Waals surface area contributed by atoms with Crippen molar-refractivity contribution in [1.82, 2.24) is 14.8 Å². The van der Waals surface area contributed by atoms with E-state index in [1.165, 1.54) is 78.9 Å². The summed E-state index contributed by atoms with van der Waals surface area (Å²) in [6.07, 6.45) is 4.29. The molecule has 0 radical (unpaired) electrons. The van der Waals surface area contributed by atoms with Gasteiger partial charge in [-0.3, -0.25) is 33.3 Å². The molecule has 143 heavy (non-hydrogen) atoms. The smallest absolute Gasteiger partial charge is 0.486 e. The average molecular weight is 1970 g/mol. The molecule has 8 aliphatic rings. The summed E-state index contributed by atoms with van der Waals surface area (Å²) in [5.41, 5.74) is 22.2. The first kappa shape index (κ1) is 113. The molecule has 18 rings (SSSR count). The summed E-state index contributed by atoms with van der Waals surface area (Å²) >= 11 is 0. The highest BCUT2D eigenvalue weighted by atomic mass is 19.3. The van der Waals surface area contributed by atoms with Gasteiger partial charge in [-0.2, -0.15) is 17.6 Å². The van der Waals surface area contributed by atoms with E-state index in [1.54, 1.807) is 36.3 Å². The number of anilines is 4. The number of nitrogens with one attached hydrogen (secondary N) is 4. The van der Waals surface area contributed by atoms with Crippen LogP contribution in [-0.2, 0) is 109 Å². The van der Waals surface area contributed by atoms with Gasteiger partial charge in [0.2, 0.25) is 11.8 Å². The largest absolute Gasteiger partial charge is 0.507 e. The molecule has 9 aromatic carbocycles. The molecule has 1 unspecified atom stereocenters. The van der Waals surface area contributed by atoms with Crippen molar-refractivity contribution in [3.05, 3.63) is 258 Å². The van der Waals surface area contributed by atoms with E-state index >= 15 is 0 Å². The van der Waals surface area contributed by atoms with Crippen LogP contribution in [0.5, 0.6) is 34.5 Å². The van der Waals surface area contributed by atoms with Gasteiger partial charge in [0.05, 0.1) is 16.9 Å². The van der Waals surface area contributed by atoms with Gasteiger partial charge in [0.1, 0.15) is 24.7 Å². The fourth-order valence-electron chi connectivity index (χ4n) is 17.8. The number of rotatable bonds is 19. The maximum absolute atomic E-state index is 13.0.